The molecule has 0 nitrogen and oxygen atoms in total. The lowest BCUT2D eigenvalue weighted by Crippen LogP contribution is -1.97. The van der Waals surface area contributed by atoms with Crippen LogP contribution in [-0.4, -0.2) is 0 Å². The van der Waals surface area contributed by atoms with Crippen LogP contribution in [0, 0.1) is 5.82 Å². The fourth-order valence-corrected chi connectivity index (χ4v) is 2.50. The highest BCUT2D eigenvalue weighted by Crippen LogP contribution is 2.35. The van der Waals surface area contributed by atoms with Crippen LogP contribution in [0.3, 0.4) is 0 Å². The van der Waals surface area contributed by atoms with Crippen molar-refractivity contribution in [2.24, 2.45) is 0 Å². The normalized spacial score (nSPS) is 12.5. The Balaban J connectivity index is 2.44. The predicted molar refractivity (Wildman–Crippen MR) is 70.6 cm³/mol. The third-order valence-corrected chi connectivity index (χ3v) is 3.45. The molecule has 0 aromatic heterocycles. The molecule has 2 aromatic rings. The zero-order valence-corrected chi connectivity index (χ0v) is 10.9. The molecule has 0 amide bonds. The molecule has 0 radical (unpaired) electrons. The molecule has 0 bridgehead atoms. The summed E-state index contributed by atoms with van der Waals surface area (Å²) in [4.78, 5) is 0. The van der Waals surface area contributed by atoms with Crippen molar-refractivity contribution in [3.63, 3.8) is 0 Å². The van der Waals surface area contributed by atoms with Gasteiger partial charge in [-0.15, -0.1) is 11.6 Å². The smallest absolute Gasteiger partial charge is 0.128 e. The second kappa shape index (κ2) is 5.26. The molecule has 0 saturated heterocycles. The van der Waals surface area contributed by atoms with Crippen LogP contribution in [0.2, 0.25) is 10.0 Å². The molecule has 0 N–H and O–H groups in total. The minimum absolute atomic E-state index is 0.349. The fraction of sp³-hybridized carbons (Fsp3) is 0.0769. The van der Waals surface area contributed by atoms with Gasteiger partial charge < -0.3 is 0 Å². The second-order valence-corrected chi connectivity index (χ2v) is 4.83. The third-order valence-electron chi connectivity index (χ3n) is 2.41. The molecule has 0 fully saturated rings. The van der Waals surface area contributed by atoms with Crippen LogP contribution in [0.5, 0.6) is 0 Å². The summed E-state index contributed by atoms with van der Waals surface area (Å²) in [5.41, 5.74) is 1.04. The van der Waals surface area contributed by atoms with Gasteiger partial charge in [-0.2, -0.15) is 0 Å². The number of halogens is 4. The van der Waals surface area contributed by atoms with Gasteiger partial charge in [0, 0.05) is 15.6 Å². The van der Waals surface area contributed by atoms with Crippen molar-refractivity contribution in [3.8, 4) is 0 Å². The van der Waals surface area contributed by atoms with Crippen molar-refractivity contribution < 1.29 is 4.39 Å². The number of rotatable bonds is 2. The summed E-state index contributed by atoms with van der Waals surface area (Å²) < 4.78 is 13.6. The quantitative estimate of drug-likeness (QED) is 0.644. The maximum Gasteiger partial charge on any atom is 0.128 e. The van der Waals surface area contributed by atoms with Gasteiger partial charge in [0.1, 0.15) is 5.82 Å². The summed E-state index contributed by atoms with van der Waals surface area (Å²) in [6.45, 7) is 0. The Kier molecular flexibility index (Phi) is 3.93. The Morgan fingerprint density at radius 2 is 1.65 bits per heavy atom. The van der Waals surface area contributed by atoms with E-state index < -0.39 is 5.38 Å². The largest absolute Gasteiger partial charge is 0.207 e. The van der Waals surface area contributed by atoms with Crippen LogP contribution in [0.15, 0.2) is 42.5 Å². The van der Waals surface area contributed by atoms with E-state index in [1.807, 2.05) is 0 Å². The van der Waals surface area contributed by atoms with Crippen molar-refractivity contribution in [2.45, 2.75) is 5.38 Å². The number of hydrogen-bond donors (Lipinski definition) is 0. The molecular formula is C13H8Cl3F. The Labute approximate surface area is 114 Å². The first-order chi connectivity index (χ1) is 8.09. The lowest BCUT2D eigenvalue weighted by molar-refractivity contribution is 0.612. The summed E-state index contributed by atoms with van der Waals surface area (Å²) in [5, 5.41) is 0.331. The first-order valence-electron chi connectivity index (χ1n) is 4.93. The zero-order valence-electron chi connectivity index (χ0n) is 8.63. The summed E-state index contributed by atoms with van der Waals surface area (Å²) in [6.07, 6.45) is 0. The molecule has 0 spiro atoms. The second-order valence-electron chi connectivity index (χ2n) is 3.55. The first-order valence-corrected chi connectivity index (χ1v) is 6.12. The molecule has 0 saturated carbocycles. The molecular weight excluding hydrogens is 281 g/mol. The van der Waals surface area contributed by atoms with Gasteiger partial charge in [0.15, 0.2) is 0 Å². The van der Waals surface area contributed by atoms with Gasteiger partial charge in [-0.25, -0.2) is 4.39 Å². The first kappa shape index (κ1) is 12.7. The van der Waals surface area contributed by atoms with E-state index in [-0.39, 0.29) is 5.82 Å². The van der Waals surface area contributed by atoms with Crippen molar-refractivity contribution in [2.75, 3.05) is 0 Å². The molecule has 88 valence electrons. The van der Waals surface area contributed by atoms with Gasteiger partial charge >= 0.3 is 0 Å². The monoisotopic (exact) mass is 288 g/mol. The highest BCUT2D eigenvalue weighted by Gasteiger charge is 2.17. The van der Waals surface area contributed by atoms with Gasteiger partial charge in [0.25, 0.3) is 0 Å². The maximum absolute atomic E-state index is 13.6. The van der Waals surface area contributed by atoms with Crippen LogP contribution >= 0.6 is 34.8 Å². The molecule has 4 heteroatoms. The third kappa shape index (κ3) is 2.74. The van der Waals surface area contributed by atoms with Gasteiger partial charge in [-0.05, 0) is 23.8 Å². The Bertz CT molecular complexity index is 540. The SMILES string of the molecule is Fc1ccccc1C(Cl)c1ccc(Cl)cc1Cl. The van der Waals surface area contributed by atoms with E-state index in [0.717, 1.165) is 0 Å². The lowest BCUT2D eigenvalue weighted by atomic mass is 10.0. The number of hydrogen-bond acceptors (Lipinski definition) is 0. The summed E-state index contributed by atoms with van der Waals surface area (Å²) in [7, 11) is 0. The number of benzene rings is 2. The van der Waals surface area contributed by atoms with Crippen LogP contribution < -0.4 is 0 Å². The van der Waals surface area contributed by atoms with E-state index in [2.05, 4.69) is 0 Å². The minimum atomic E-state index is -0.624. The van der Waals surface area contributed by atoms with Crippen molar-refractivity contribution >= 4 is 34.8 Å². The Hall–Kier alpha value is -0.760. The van der Waals surface area contributed by atoms with E-state index >= 15 is 0 Å². The van der Waals surface area contributed by atoms with Crippen LogP contribution in [0.1, 0.15) is 16.5 Å². The molecule has 0 aliphatic carbocycles. The van der Waals surface area contributed by atoms with Crippen molar-refractivity contribution in [1.82, 2.24) is 0 Å². The van der Waals surface area contributed by atoms with E-state index in [1.165, 1.54) is 6.07 Å². The standard InChI is InChI=1S/C13H8Cl3F/c14-8-5-6-9(11(15)7-8)13(16)10-3-1-2-4-12(10)17/h1-7,13H. The fourth-order valence-electron chi connectivity index (χ4n) is 1.56. The van der Waals surface area contributed by atoms with Gasteiger partial charge in [0.2, 0.25) is 0 Å². The molecule has 2 rings (SSSR count). The molecule has 0 heterocycles. The molecule has 2 aromatic carbocycles. The van der Waals surface area contributed by atoms with Crippen LogP contribution in [0.4, 0.5) is 4.39 Å². The topological polar surface area (TPSA) is 0 Å². The zero-order chi connectivity index (χ0) is 12.4. The van der Waals surface area contributed by atoms with E-state index in [0.29, 0.717) is 21.2 Å². The van der Waals surface area contributed by atoms with Crippen LogP contribution in [-0.2, 0) is 0 Å². The Morgan fingerprint density at radius 1 is 0.941 bits per heavy atom. The van der Waals surface area contributed by atoms with E-state index in [4.69, 9.17) is 34.8 Å². The average molecular weight is 290 g/mol. The molecule has 17 heavy (non-hydrogen) atoms. The van der Waals surface area contributed by atoms with E-state index in [9.17, 15) is 4.39 Å². The maximum atomic E-state index is 13.6. The van der Waals surface area contributed by atoms with Crippen LogP contribution in [0.25, 0.3) is 0 Å². The average Bonchev–Trinajstić information content (AvgIpc) is 2.29. The van der Waals surface area contributed by atoms with Gasteiger partial charge in [-0.3, -0.25) is 0 Å². The highest BCUT2D eigenvalue weighted by molar-refractivity contribution is 6.36. The summed E-state index contributed by atoms with van der Waals surface area (Å²) in [5.74, 6) is -0.349. The predicted octanol–water partition coefficient (Wildman–Crippen LogP) is 5.46. The highest BCUT2D eigenvalue weighted by atomic mass is 35.5. The summed E-state index contributed by atoms with van der Waals surface area (Å²) in [6, 6.07) is 11.3. The number of alkyl halides is 1. The Morgan fingerprint density at radius 3 is 2.29 bits per heavy atom. The minimum Gasteiger partial charge on any atom is -0.207 e. The van der Waals surface area contributed by atoms with Gasteiger partial charge in [-0.1, -0.05) is 47.5 Å². The van der Waals surface area contributed by atoms with E-state index in [1.54, 1.807) is 36.4 Å². The summed E-state index contributed by atoms with van der Waals surface area (Å²) >= 11 is 18.1. The molecule has 1 unspecified atom stereocenters. The molecule has 0 aliphatic rings. The van der Waals surface area contributed by atoms with Gasteiger partial charge in [0.05, 0.1) is 5.38 Å². The molecule has 0 aliphatic heterocycles. The molecule has 1 atom stereocenters. The van der Waals surface area contributed by atoms with Crippen molar-refractivity contribution in [1.29, 1.82) is 0 Å². The van der Waals surface area contributed by atoms with Crippen molar-refractivity contribution in [3.05, 3.63) is 69.5 Å². The lowest BCUT2D eigenvalue weighted by Gasteiger charge is -2.13.